The van der Waals surface area contributed by atoms with Crippen molar-refractivity contribution in [1.29, 1.82) is 0 Å². The third-order valence-electron chi connectivity index (χ3n) is 3.89. The Bertz CT molecular complexity index is 542. The van der Waals surface area contributed by atoms with Gasteiger partial charge in [-0.15, -0.1) is 0 Å². The molecule has 0 aromatic heterocycles. The molecule has 2 atom stereocenters. The van der Waals surface area contributed by atoms with Crippen molar-refractivity contribution in [2.45, 2.75) is 57.7 Å². The van der Waals surface area contributed by atoms with Crippen LogP contribution in [0.4, 0.5) is 4.39 Å². The predicted octanol–water partition coefficient (Wildman–Crippen LogP) is 3.66. The molecular formula is C16H22ClFN2O. The average molecular weight is 313 g/mol. The summed E-state index contributed by atoms with van der Waals surface area (Å²) in [5.74, 6) is -0.414. The van der Waals surface area contributed by atoms with Gasteiger partial charge in [0.2, 0.25) is 5.91 Å². The van der Waals surface area contributed by atoms with Crippen molar-refractivity contribution < 1.29 is 9.18 Å². The van der Waals surface area contributed by atoms with Gasteiger partial charge in [-0.1, -0.05) is 17.7 Å². The number of rotatable bonds is 1. The molecule has 1 fully saturated rings. The highest BCUT2D eigenvalue weighted by Gasteiger charge is 2.39. The van der Waals surface area contributed by atoms with Crippen molar-refractivity contribution in [3.63, 3.8) is 0 Å². The van der Waals surface area contributed by atoms with E-state index >= 15 is 0 Å². The molecular weight excluding hydrogens is 291 g/mol. The first-order valence-corrected chi connectivity index (χ1v) is 7.62. The molecule has 1 aliphatic heterocycles. The topological polar surface area (TPSA) is 46.3 Å². The lowest BCUT2D eigenvalue weighted by Gasteiger charge is -2.43. The number of benzene rings is 1. The zero-order valence-corrected chi connectivity index (χ0v) is 13.5. The summed E-state index contributed by atoms with van der Waals surface area (Å²) in [4.78, 5) is 14.3. The molecule has 21 heavy (non-hydrogen) atoms. The van der Waals surface area contributed by atoms with E-state index in [2.05, 4.69) is 0 Å². The molecule has 1 aromatic rings. The second-order valence-electron chi connectivity index (χ2n) is 6.61. The van der Waals surface area contributed by atoms with Gasteiger partial charge in [-0.3, -0.25) is 4.79 Å². The first kappa shape index (κ1) is 16.2. The largest absolute Gasteiger partial charge is 0.329 e. The lowest BCUT2D eigenvalue weighted by Crippen LogP contribution is -2.51. The third kappa shape index (κ3) is 3.38. The lowest BCUT2D eigenvalue weighted by atomic mass is 9.92. The summed E-state index contributed by atoms with van der Waals surface area (Å²) in [6, 6.07) is 4.13. The maximum absolute atomic E-state index is 13.8. The second-order valence-corrected chi connectivity index (χ2v) is 7.02. The number of nitrogens with zero attached hydrogens (tertiary/aromatic N) is 1. The molecule has 1 heterocycles. The van der Waals surface area contributed by atoms with Crippen LogP contribution in [0.2, 0.25) is 5.02 Å². The summed E-state index contributed by atoms with van der Waals surface area (Å²) in [5.41, 5.74) is 6.63. The predicted molar refractivity (Wildman–Crippen MR) is 82.6 cm³/mol. The number of nitrogens with two attached hydrogens (primary N) is 1. The Hall–Kier alpha value is -1.13. The fourth-order valence-corrected chi connectivity index (χ4v) is 3.12. The molecule has 0 saturated carbocycles. The quantitative estimate of drug-likeness (QED) is 0.860. The number of likely N-dealkylation sites (tertiary alicyclic amines) is 1. The van der Waals surface area contributed by atoms with Crippen molar-refractivity contribution in [1.82, 2.24) is 4.90 Å². The van der Waals surface area contributed by atoms with Crippen LogP contribution in [0, 0.1) is 5.82 Å². The maximum Gasteiger partial charge on any atom is 0.223 e. The van der Waals surface area contributed by atoms with Crippen LogP contribution >= 0.6 is 11.6 Å². The van der Waals surface area contributed by atoms with Crippen LogP contribution in [0.15, 0.2) is 18.2 Å². The van der Waals surface area contributed by atoms with Crippen LogP contribution in [0.5, 0.6) is 0 Å². The van der Waals surface area contributed by atoms with Crippen LogP contribution in [0.1, 0.15) is 51.6 Å². The number of carbonyl (C=O) groups is 1. The van der Waals surface area contributed by atoms with E-state index < -0.39 is 5.82 Å². The van der Waals surface area contributed by atoms with Crippen molar-refractivity contribution in [2.75, 3.05) is 0 Å². The number of halogens is 2. The van der Waals surface area contributed by atoms with E-state index in [1.807, 2.05) is 20.8 Å². The summed E-state index contributed by atoms with van der Waals surface area (Å²) < 4.78 is 13.8. The minimum Gasteiger partial charge on any atom is -0.329 e. The van der Waals surface area contributed by atoms with Gasteiger partial charge in [0.1, 0.15) is 5.82 Å². The van der Waals surface area contributed by atoms with Gasteiger partial charge >= 0.3 is 0 Å². The van der Waals surface area contributed by atoms with Crippen molar-refractivity contribution >= 4 is 17.5 Å². The Morgan fingerprint density at radius 1 is 1.38 bits per heavy atom. The zero-order chi connectivity index (χ0) is 15.8. The molecule has 1 aromatic carbocycles. The third-order valence-corrected chi connectivity index (χ3v) is 4.19. The Balaban J connectivity index is 2.51. The Morgan fingerprint density at radius 2 is 2.05 bits per heavy atom. The summed E-state index contributed by atoms with van der Waals surface area (Å²) in [6.45, 7) is 5.92. The number of hydrogen-bond acceptors (Lipinski definition) is 2. The molecule has 2 unspecified atom stereocenters. The molecule has 0 bridgehead atoms. The highest BCUT2D eigenvalue weighted by Crippen LogP contribution is 2.36. The number of amides is 1. The van der Waals surface area contributed by atoms with Gasteiger partial charge in [0.05, 0.1) is 11.1 Å². The summed E-state index contributed by atoms with van der Waals surface area (Å²) in [7, 11) is 0. The van der Waals surface area contributed by atoms with E-state index in [1.165, 1.54) is 12.1 Å². The van der Waals surface area contributed by atoms with Gasteiger partial charge < -0.3 is 10.6 Å². The molecule has 2 rings (SSSR count). The van der Waals surface area contributed by atoms with Crippen LogP contribution in [0.3, 0.4) is 0 Å². The molecule has 0 aliphatic carbocycles. The molecule has 116 valence electrons. The van der Waals surface area contributed by atoms with Crippen LogP contribution in [-0.4, -0.2) is 22.4 Å². The molecule has 1 aliphatic rings. The van der Waals surface area contributed by atoms with Gasteiger partial charge in [-0.2, -0.15) is 0 Å². The Kier molecular flexibility index (Phi) is 4.59. The molecule has 0 spiro atoms. The molecule has 2 N–H and O–H groups in total. The SMILES string of the molecule is CC(C)(C)N1C(=O)CCCC(N)C1c1ccc(Cl)c(F)c1. The fraction of sp³-hybridized carbons (Fsp3) is 0.562. The van der Waals surface area contributed by atoms with Gasteiger partial charge in [-0.25, -0.2) is 4.39 Å². The van der Waals surface area contributed by atoms with Gasteiger partial charge in [0.25, 0.3) is 0 Å². The second kappa shape index (κ2) is 5.93. The Labute approximate surface area is 130 Å². The van der Waals surface area contributed by atoms with Gasteiger partial charge in [0, 0.05) is 18.0 Å². The minimum atomic E-state index is -0.480. The first-order valence-electron chi connectivity index (χ1n) is 7.24. The average Bonchev–Trinajstić information content (AvgIpc) is 2.51. The number of carbonyl (C=O) groups excluding carboxylic acids is 1. The molecule has 5 heteroatoms. The van der Waals surface area contributed by atoms with E-state index in [0.29, 0.717) is 12.0 Å². The van der Waals surface area contributed by atoms with E-state index in [-0.39, 0.29) is 28.6 Å². The molecule has 1 saturated heterocycles. The van der Waals surface area contributed by atoms with Crippen LogP contribution in [0.25, 0.3) is 0 Å². The van der Waals surface area contributed by atoms with E-state index in [0.717, 1.165) is 12.8 Å². The normalized spacial score (nSPS) is 24.1. The standard InChI is InChI=1S/C16H22ClFN2O/c1-16(2,3)20-14(21)6-4-5-13(19)15(20)10-7-8-11(17)12(18)9-10/h7-9,13,15H,4-6,19H2,1-3H3. The van der Waals surface area contributed by atoms with Crippen molar-refractivity contribution in [3.05, 3.63) is 34.6 Å². The van der Waals surface area contributed by atoms with Gasteiger partial charge in [0.15, 0.2) is 0 Å². The highest BCUT2D eigenvalue weighted by molar-refractivity contribution is 6.30. The van der Waals surface area contributed by atoms with Crippen LogP contribution < -0.4 is 5.73 Å². The lowest BCUT2D eigenvalue weighted by molar-refractivity contribution is -0.139. The summed E-state index contributed by atoms with van der Waals surface area (Å²) in [5, 5.41) is 0.0783. The highest BCUT2D eigenvalue weighted by atomic mass is 35.5. The van der Waals surface area contributed by atoms with Crippen molar-refractivity contribution in [3.8, 4) is 0 Å². The summed E-state index contributed by atoms with van der Waals surface area (Å²) >= 11 is 5.76. The van der Waals surface area contributed by atoms with Crippen LogP contribution in [-0.2, 0) is 4.79 Å². The monoisotopic (exact) mass is 312 g/mol. The van der Waals surface area contributed by atoms with Gasteiger partial charge in [-0.05, 0) is 51.3 Å². The molecule has 1 amide bonds. The van der Waals surface area contributed by atoms with E-state index in [9.17, 15) is 9.18 Å². The molecule has 0 radical (unpaired) electrons. The maximum atomic E-state index is 13.8. The van der Waals surface area contributed by atoms with E-state index in [4.69, 9.17) is 17.3 Å². The minimum absolute atomic E-state index is 0.0656. The number of hydrogen-bond donors (Lipinski definition) is 1. The Morgan fingerprint density at radius 3 is 2.62 bits per heavy atom. The molecule has 3 nitrogen and oxygen atoms in total. The first-order chi connectivity index (χ1) is 9.71. The fourth-order valence-electron chi connectivity index (χ4n) is 3.00. The summed E-state index contributed by atoms with van der Waals surface area (Å²) in [6.07, 6.45) is 1.99. The van der Waals surface area contributed by atoms with Crippen molar-refractivity contribution in [2.24, 2.45) is 5.73 Å². The van der Waals surface area contributed by atoms with E-state index in [1.54, 1.807) is 11.0 Å². The smallest absolute Gasteiger partial charge is 0.223 e. The zero-order valence-electron chi connectivity index (χ0n) is 12.7.